The van der Waals surface area contributed by atoms with Crippen LogP contribution in [0.15, 0.2) is 41.2 Å². The molecule has 5 nitrogen and oxygen atoms in total. The van der Waals surface area contributed by atoms with Gasteiger partial charge in [0.15, 0.2) is 17.7 Å². The minimum atomic E-state index is 0.297. The van der Waals surface area contributed by atoms with E-state index in [2.05, 4.69) is 10.1 Å². The predicted octanol–water partition coefficient (Wildman–Crippen LogP) is 1.80. The lowest BCUT2D eigenvalue weighted by Gasteiger charge is -1.93. The second kappa shape index (κ2) is 3.30. The highest BCUT2D eigenvalue weighted by Gasteiger charge is 2.10. The van der Waals surface area contributed by atoms with Crippen molar-refractivity contribution in [3.8, 4) is 11.3 Å². The van der Waals surface area contributed by atoms with Crippen molar-refractivity contribution in [2.24, 2.45) is 0 Å². The van der Waals surface area contributed by atoms with Crippen molar-refractivity contribution in [2.45, 2.75) is 0 Å². The molecule has 0 spiro atoms. The van der Waals surface area contributed by atoms with Crippen molar-refractivity contribution < 1.29 is 9.21 Å². The van der Waals surface area contributed by atoms with Gasteiger partial charge in [-0.25, -0.2) is 9.50 Å². The first-order valence-electron chi connectivity index (χ1n) is 4.72. The van der Waals surface area contributed by atoms with Gasteiger partial charge in [-0.2, -0.15) is 5.10 Å². The lowest BCUT2D eigenvalue weighted by molar-refractivity contribution is 0.110. The maximum Gasteiger partial charge on any atom is 0.185 e. The number of hydrogen-bond acceptors (Lipinski definition) is 4. The van der Waals surface area contributed by atoms with Crippen LogP contribution in [-0.2, 0) is 0 Å². The fraction of sp³-hybridized carbons (Fsp3) is 0. The van der Waals surface area contributed by atoms with Crippen molar-refractivity contribution in [1.29, 1.82) is 0 Å². The number of carbonyl (C=O) groups excluding carboxylic acids is 1. The summed E-state index contributed by atoms with van der Waals surface area (Å²) in [5.41, 5.74) is 1.47. The fourth-order valence-electron chi connectivity index (χ4n) is 1.56. The molecule has 0 radical (unpaired) electrons. The highest BCUT2D eigenvalue weighted by Crippen LogP contribution is 2.24. The Morgan fingerprint density at radius 2 is 2.31 bits per heavy atom. The topological polar surface area (TPSA) is 60.4 Å². The Labute approximate surface area is 90.3 Å². The Kier molecular flexibility index (Phi) is 1.83. The first-order chi connectivity index (χ1) is 7.88. The summed E-state index contributed by atoms with van der Waals surface area (Å²) in [5, 5.41) is 4.14. The monoisotopic (exact) mass is 213 g/mol. The van der Waals surface area contributed by atoms with Crippen molar-refractivity contribution in [1.82, 2.24) is 14.6 Å². The zero-order valence-corrected chi connectivity index (χ0v) is 8.20. The van der Waals surface area contributed by atoms with Gasteiger partial charge >= 0.3 is 0 Å². The third-order valence-corrected chi connectivity index (χ3v) is 2.29. The molecule has 3 rings (SSSR count). The molecule has 0 aromatic carbocycles. The molecule has 0 N–H and O–H groups in total. The van der Waals surface area contributed by atoms with Crippen molar-refractivity contribution in [2.75, 3.05) is 0 Å². The molecule has 0 atom stereocenters. The average Bonchev–Trinajstić information content (AvgIpc) is 2.94. The van der Waals surface area contributed by atoms with Gasteiger partial charge in [-0.3, -0.25) is 4.79 Å². The lowest BCUT2D eigenvalue weighted by atomic mass is 10.2. The third kappa shape index (κ3) is 1.22. The molecule has 0 bridgehead atoms. The number of aldehydes is 1. The van der Waals surface area contributed by atoms with Crippen molar-refractivity contribution >= 4 is 11.9 Å². The highest BCUT2D eigenvalue weighted by atomic mass is 16.3. The van der Waals surface area contributed by atoms with Crippen LogP contribution in [-0.4, -0.2) is 20.9 Å². The van der Waals surface area contributed by atoms with E-state index in [4.69, 9.17) is 4.42 Å². The van der Waals surface area contributed by atoms with E-state index in [9.17, 15) is 4.79 Å². The summed E-state index contributed by atoms with van der Waals surface area (Å²) in [7, 11) is 0. The molecule has 5 heteroatoms. The molecular formula is C11H7N3O2. The van der Waals surface area contributed by atoms with Gasteiger partial charge in [0, 0.05) is 12.4 Å². The van der Waals surface area contributed by atoms with E-state index in [1.807, 2.05) is 0 Å². The Morgan fingerprint density at radius 1 is 1.38 bits per heavy atom. The molecule has 3 heterocycles. The fourth-order valence-corrected chi connectivity index (χ4v) is 1.56. The first kappa shape index (κ1) is 8.84. The standard InChI is InChI=1S/C11H7N3O2/c15-7-8-2-3-10(16-8)9-6-13-14-5-1-4-12-11(9)14/h1-7H. The number of furan rings is 1. The Bertz CT molecular complexity index is 654. The van der Waals surface area contributed by atoms with Gasteiger partial charge in [-0.15, -0.1) is 0 Å². The molecule has 0 saturated carbocycles. The summed E-state index contributed by atoms with van der Waals surface area (Å²) in [6.07, 6.45) is 5.82. The largest absolute Gasteiger partial charge is 0.453 e. The zero-order chi connectivity index (χ0) is 11.0. The Hall–Kier alpha value is -2.43. The SMILES string of the molecule is O=Cc1ccc(-c2cnn3cccnc23)o1. The number of aromatic nitrogens is 3. The van der Waals surface area contributed by atoms with Gasteiger partial charge in [0.05, 0.1) is 11.8 Å². The molecule has 0 amide bonds. The summed E-state index contributed by atoms with van der Waals surface area (Å²) in [6, 6.07) is 5.15. The van der Waals surface area contributed by atoms with Crippen LogP contribution in [0.25, 0.3) is 17.0 Å². The van der Waals surface area contributed by atoms with E-state index in [0.717, 1.165) is 5.56 Å². The van der Waals surface area contributed by atoms with Crippen molar-refractivity contribution in [3.63, 3.8) is 0 Å². The van der Waals surface area contributed by atoms with Gasteiger partial charge in [-0.1, -0.05) is 0 Å². The predicted molar refractivity (Wildman–Crippen MR) is 56.1 cm³/mol. The molecular weight excluding hydrogens is 206 g/mol. The van der Waals surface area contributed by atoms with Crippen LogP contribution in [0.5, 0.6) is 0 Å². The highest BCUT2D eigenvalue weighted by molar-refractivity contribution is 5.77. The Balaban J connectivity index is 2.21. The molecule has 78 valence electrons. The van der Waals surface area contributed by atoms with E-state index in [1.54, 1.807) is 41.3 Å². The van der Waals surface area contributed by atoms with Crippen LogP contribution in [0.4, 0.5) is 0 Å². The number of carbonyl (C=O) groups is 1. The van der Waals surface area contributed by atoms with Crippen LogP contribution in [0.3, 0.4) is 0 Å². The van der Waals surface area contributed by atoms with E-state index in [1.165, 1.54) is 0 Å². The van der Waals surface area contributed by atoms with E-state index >= 15 is 0 Å². The molecule has 0 saturated heterocycles. The van der Waals surface area contributed by atoms with Gasteiger partial charge < -0.3 is 4.42 Å². The average molecular weight is 213 g/mol. The van der Waals surface area contributed by atoms with Gasteiger partial charge in [0.2, 0.25) is 0 Å². The number of rotatable bonds is 2. The number of hydrogen-bond donors (Lipinski definition) is 0. The van der Waals surface area contributed by atoms with Crippen LogP contribution < -0.4 is 0 Å². The summed E-state index contributed by atoms with van der Waals surface area (Å²) in [6.45, 7) is 0. The van der Waals surface area contributed by atoms with Crippen molar-refractivity contribution in [3.05, 3.63) is 42.5 Å². The summed E-state index contributed by atoms with van der Waals surface area (Å²) >= 11 is 0. The van der Waals surface area contributed by atoms with Crippen LogP contribution >= 0.6 is 0 Å². The van der Waals surface area contributed by atoms with Crippen LogP contribution in [0.2, 0.25) is 0 Å². The van der Waals surface area contributed by atoms with E-state index < -0.39 is 0 Å². The van der Waals surface area contributed by atoms with Gasteiger partial charge in [0.25, 0.3) is 0 Å². The molecule has 16 heavy (non-hydrogen) atoms. The second-order valence-electron chi connectivity index (χ2n) is 3.27. The molecule has 0 aliphatic heterocycles. The summed E-state index contributed by atoms with van der Waals surface area (Å²) in [4.78, 5) is 14.7. The zero-order valence-electron chi connectivity index (χ0n) is 8.20. The lowest BCUT2D eigenvalue weighted by Crippen LogP contribution is -1.87. The second-order valence-corrected chi connectivity index (χ2v) is 3.27. The maximum atomic E-state index is 10.5. The van der Waals surface area contributed by atoms with Crippen LogP contribution in [0.1, 0.15) is 10.6 Å². The van der Waals surface area contributed by atoms with Gasteiger partial charge in [-0.05, 0) is 18.2 Å². The van der Waals surface area contributed by atoms with Crippen LogP contribution in [0, 0.1) is 0 Å². The summed E-state index contributed by atoms with van der Waals surface area (Å²) in [5.74, 6) is 0.890. The van der Waals surface area contributed by atoms with E-state index in [-0.39, 0.29) is 0 Å². The molecule has 0 aliphatic rings. The number of nitrogens with zero attached hydrogens (tertiary/aromatic N) is 3. The quantitative estimate of drug-likeness (QED) is 0.609. The molecule has 0 aliphatic carbocycles. The summed E-state index contributed by atoms with van der Waals surface area (Å²) < 4.78 is 6.98. The molecule has 0 fully saturated rings. The third-order valence-electron chi connectivity index (χ3n) is 2.29. The smallest absolute Gasteiger partial charge is 0.185 e. The number of fused-ring (bicyclic) bond motifs is 1. The minimum Gasteiger partial charge on any atom is -0.453 e. The van der Waals surface area contributed by atoms with Gasteiger partial charge in [0.1, 0.15) is 5.76 Å². The first-order valence-corrected chi connectivity index (χ1v) is 4.72. The maximum absolute atomic E-state index is 10.5. The Morgan fingerprint density at radius 3 is 3.12 bits per heavy atom. The minimum absolute atomic E-state index is 0.297. The molecule has 3 aromatic rings. The van der Waals surface area contributed by atoms with E-state index in [0.29, 0.717) is 23.5 Å². The molecule has 3 aromatic heterocycles. The molecule has 0 unspecified atom stereocenters. The normalized spacial score (nSPS) is 10.8.